The van der Waals surface area contributed by atoms with Crippen molar-refractivity contribution >= 4 is 26.7 Å². The van der Waals surface area contributed by atoms with Crippen molar-refractivity contribution < 1.29 is 22.4 Å². The second-order valence-corrected chi connectivity index (χ2v) is 12.5. The van der Waals surface area contributed by atoms with Crippen LogP contribution in [0.25, 0.3) is 11.0 Å². The SMILES string of the molecule is CCCCCCOc1ccc(C2c3c(oc4c(C)cc(C)cc4c3=O)C(=O)N2C2CCS(=O)(=O)C2)cc1. The van der Waals surface area contributed by atoms with Gasteiger partial charge in [0.1, 0.15) is 11.3 Å². The van der Waals surface area contributed by atoms with Gasteiger partial charge in [0.25, 0.3) is 5.91 Å². The second-order valence-electron chi connectivity index (χ2n) is 10.3. The van der Waals surface area contributed by atoms with Gasteiger partial charge in [-0.15, -0.1) is 0 Å². The van der Waals surface area contributed by atoms with E-state index in [0.29, 0.717) is 24.0 Å². The number of rotatable bonds is 8. The maximum absolute atomic E-state index is 13.9. The first-order valence-electron chi connectivity index (χ1n) is 13.0. The molecule has 7 nitrogen and oxygen atoms in total. The van der Waals surface area contributed by atoms with Gasteiger partial charge in [0.15, 0.2) is 15.3 Å². The van der Waals surface area contributed by atoms with Crippen molar-refractivity contribution in [3.05, 3.63) is 74.6 Å². The molecule has 2 aliphatic heterocycles. The predicted octanol–water partition coefficient (Wildman–Crippen LogP) is 5.10. The highest BCUT2D eigenvalue weighted by Gasteiger charge is 2.48. The summed E-state index contributed by atoms with van der Waals surface area (Å²) < 4.78 is 36.7. The Hall–Kier alpha value is -3.13. The Morgan fingerprint density at radius 1 is 1.05 bits per heavy atom. The number of unbranched alkanes of at least 4 members (excludes halogenated alkanes) is 3. The molecule has 0 radical (unpaired) electrons. The Labute approximate surface area is 217 Å². The molecule has 8 heteroatoms. The van der Waals surface area contributed by atoms with Gasteiger partial charge in [0.05, 0.1) is 35.1 Å². The van der Waals surface area contributed by atoms with Crippen molar-refractivity contribution in [3.8, 4) is 5.75 Å². The first kappa shape index (κ1) is 25.5. The summed E-state index contributed by atoms with van der Waals surface area (Å²) >= 11 is 0. The summed E-state index contributed by atoms with van der Waals surface area (Å²) in [5, 5.41) is 0.432. The van der Waals surface area contributed by atoms with Crippen LogP contribution in [-0.4, -0.2) is 43.4 Å². The molecule has 3 aromatic rings. The van der Waals surface area contributed by atoms with Crippen LogP contribution < -0.4 is 10.2 Å². The third-order valence-electron chi connectivity index (χ3n) is 7.40. The molecule has 37 heavy (non-hydrogen) atoms. The van der Waals surface area contributed by atoms with Crippen LogP contribution in [0.4, 0.5) is 0 Å². The lowest BCUT2D eigenvalue weighted by atomic mass is 9.96. The molecule has 1 amide bonds. The third kappa shape index (κ3) is 4.79. The topological polar surface area (TPSA) is 93.9 Å². The summed E-state index contributed by atoms with van der Waals surface area (Å²) in [4.78, 5) is 29.1. The van der Waals surface area contributed by atoms with E-state index < -0.39 is 27.8 Å². The van der Waals surface area contributed by atoms with Crippen LogP contribution in [0.1, 0.15) is 77.9 Å². The van der Waals surface area contributed by atoms with Gasteiger partial charge in [0.2, 0.25) is 5.76 Å². The average Bonchev–Trinajstić information content (AvgIpc) is 3.36. The van der Waals surface area contributed by atoms with Gasteiger partial charge >= 0.3 is 0 Å². The number of carbonyl (C=O) groups is 1. The van der Waals surface area contributed by atoms with E-state index in [1.165, 1.54) is 6.42 Å². The van der Waals surface area contributed by atoms with Crippen molar-refractivity contribution in [1.29, 1.82) is 0 Å². The fraction of sp³-hybridized carbons (Fsp3) is 0.448. The van der Waals surface area contributed by atoms with Crippen molar-refractivity contribution in [3.63, 3.8) is 0 Å². The summed E-state index contributed by atoms with van der Waals surface area (Å²) in [5.74, 6) is 0.203. The standard InChI is InChI=1S/C29H33NO6S/c1-4-5-6-7-13-35-22-10-8-20(9-11-22)25-24-26(31)23-16-18(2)15-19(3)27(23)36-28(24)29(32)30(25)21-12-14-37(33,34)17-21/h8-11,15-16,21,25H,4-7,12-14,17H2,1-3H3. The van der Waals surface area contributed by atoms with Crippen LogP contribution in [0, 0.1) is 13.8 Å². The van der Waals surface area contributed by atoms with Crippen molar-refractivity contribution in [1.82, 2.24) is 4.90 Å². The summed E-state index contributed by atoms with van der Waals surface area (Å²) in [6.45, 7) is 6.56. The van der Waals surface area contributed by atoms with Gasteiger partial charge in [-0.2, -0.15) is 0 Å². The molecule has 0 saturated carbocycles. The quantitative estimate of drug-likeness (QED) is 0.381. The molecule has 0 aliphatic carbocycles. The van der Waals surface area contributed by atoms with Crippen molar-refractivity contribution in [2.24, 2.45) is 0 Å². The van der Waals surface area contributed by atoms with E-state index in [4.69, 9.17) is 9.15 Å². The largest absolute Gasteiger partial charge is 0.494 e. The molecular formula is C29H33NO6S. The summed E-state index contributed by atoms with van der Waals surface area (Å²) in [5.41, 5.74) is 2.86. The van der Waals surface area contributed by atoms with Crippen LogP contribution >= 0.6 is 0 Å². The number of benzene rings is 2. The Kier molecular flexibility index (Phi) is 6.88. The molecule has 1 saturated heterocycles. The minimum absolute atomic E-state index is 0.00926. The minimum Gasteiger partial charge on any atom is -0.494 e. The molecule has 2 aliphatic rings. The predicted molar refractivity (Wildman–Crippen MR) is 143 cm³/mol. The first-order chi connectivity index (χ1) is 17.7. The molecule has 0 N–H and O–H groups in total. The van der Waals surface area contributed by atoms with Crippen molar-refractivity contribution in [2.75, 3.05) is 18.1 Å². The molecule has 3 heterocycles. The first-order valence-corrected chi connectivity index (χ1v) is 14.9. The van der Waals surface area contributed by atoms with Crippen LogP contribution in [0.5, 0.6) is 5.75 Å². The van der Waals surface area contributed by atoms with E-state index in [9.17, 15) is 18.0 Å². The number of ether oxygens (including phenoxy) is 1. The van der Waals surface area contributed by atoms with Crippen LogP contribution in [0.2, 0.25) is 0 Å². The molecule has 1 aromatic heterocycles. The van der Waals surface area contributed by atoms with Gasteiger partial charge in [-0.3, -0.25) is 9.59 Å². The van der Waals surface area contributed by atoms with Gasteiger partial charge < -0.3 is 14.1 Å². The van der Waals surface area contributed by atoms with Gasteiger partial charge in [-0.25, -0.2) is 8.42 Å². The van der Waals surface area contributed by atoms with Gasteiger partial charge in [-0.1, -0.05) is 44.4 Å². The molecule has 1 fully saturated rings. The zero-order valence-electron chi connectivity index (χ0n) is 21.6. The van der Waals surface area contributed by atoms with Gasteiger partial charge in [0, 0.05) is 6.04 Å². The zero-order valence-corrected chi connectivity index (χ0v) is 22.4. The van der Waals surface area contributed by atoms with E-state index in [1.807, 2.05) is 44.2 Å². The molecule has 0 spiro atoms. The highest BCUT2D eigenvalue weighted by atomic mass is 32.2. The highest BCUT2D eigenvalue weighted by Crippen LogP contribution is 2.42. The summed E-state index contributed by atoms with van der Waals surface area (Å²) in [7, 11) is -3.26. The Morgan fingerprint density at radius 2 is 1.81 bits per heavy atom. The van der Waals surface area contributed by atoms with E-state index in [0.717, 1.165) is 41.7 Å². The molecule has 2 aromatic carbocycles. The third-order valence-corrected chi connectivity index (χ3v) is 9.15. The van der Waals surface area contributed by atoms with E-state index in [-0.39, 0.29) is 28.3 Å². The van der Waals surface area contributed by atoms with E-state index in [1.54, 1.807) is 11.0 Å². The number of amides is 1. The zero-order chi connectivity index (χ0) is 26.3. The second kappa shape index (κ2) is 9.97. The molecule has 0 bridgehead atoms. The highest BCUT2D eigenvalue weighted by molar-refractivity contribution is 7.91. The lowest BCUT2D eigenvalue weighted by Gasteiger charge is -2.30. The smallest absolute Gasteiger partial charge is 0.291 e. The molecular weight excluding hydrogens is 490 g/mol. The number of fused-ring (bicyclic) bond motifs is 2. The number of hydrogen-bond acceptors (Lipinski definition) is 6. The lowest BCUT2D eigenvalue weighted by Crippen LogP contribution is -2.40. The molecule has 2 unspecified atom stereocenters. The number of aryl methyl sites for hydroxylation is 2. The Balaban J connectivity index is 1.57. The maximum atomic E-state index is 13.9. The summed E-state index contributed by atoms with van der Waals surface area (Å²) in [6.07, 6.45) is 4.79. The van der Waals surface area contributed by atoms with Crippen LogP contribution in [-0.2, 0) is 9.84 Å². The number of sulfone groups is 1. The molecule has 5 rings (SSSR count). The molecule has 196 valence electrons. The average molecular weight is 524 g/mol. The fourth-order valence-electron chi connectivity index (χ4n) is 5.61. The minimum atomic E-state index is -3.26. The normalized spacial score (nSPS) is 20.5. The Bertz CT molecular complexity index is 1510. The van der Waals surface area contributed by atoms with E-state index >= 15 is 0 Å². The van der Waals surface area contributed by atoms with E-state index in [2.05, 4.69) is 6.92 Å². The number of hydrogen-bond donors (Lipinski definition) is 0. The maximum Gasteiger partial charge on any atom is 0.291 e. The van der Waals surface area contributed by atoms with Crippen LogP contribution in [0.3, 0.4) is 0 Å². The number of carbonyl (C=O) groups excluding carboxylic acids is 1. The fourth-order valence-corrected chi connectivity index (χ4v) is 7.32. The van der Waals surface area contributed by atoms with Crippen LogP contribution in [0.15, 0.2) is 45.6 Å². The molecule has 2 atom stereocenters. The van der Waals surface area contributed by atoms with Crippen molar-refractivity contribution in [2.45, 2.75) is 65.0 Å². The summed E-state index contributed by atoms with van der Waals surface area (Å²) in [6, 6.07) is 9.86. The monoisotopic (exact) mass is 523 g/mol. The number of nitrogens with zero attached hydrogens (tertiary/aromatic N) is 1. The lowest BCUT2D eigenvalue weighted by molar-refractivity contribution is 0.0662. The Morgan fingerprint density at radius 3 is 2.49 bits per heavy atom. The van der Waals surface area contributed by atoms with Gasteiger partial charge in [-0.05, 0) is 61.6 Å².